The number of carbonyl (C=O) groups is 1. The molecule has 22 heavy (non-hydrogen) atoms. The summed E-state index contributed by atoms with van der Waals surface area (Å²) in [7, 11) is 0. The highest BCUT2D eigenvalue weighted by Gasteiger charge is 2.08. The van der Waals surface area contributed by atoms with Crippen LogP contribution in [0, 0.1) is 13.8 Å². The number of thioether (sulfide) groups is 1. The molecule has 5 nitrogen and oxygen atoms in total. The van der Waals surface area contributed by atoms with Gasteiger partial charge in [0.2, 0.25) is 5.91 Å². The molecule has 0 radical (unpaired) electrons. The zero-order valence-electron chi connectivity index (χ0n) is 12.4. The SMILES string of the molecule is Cc1ccccc1SCC(=O)Nc1cnc2n[nH]c(C)c2c1. The van der Waals surface area contributed by atoms with Crippen LogP contribution in [0.5, 0.6) is 0 Å². The number of hydrogen-bond acceptors (Lipinski definition) is 4. The Morgan fingerprint density at radius 3 is 2.95 bits per heavy atom. The second kappa shape index (κ2) is 6.19. The minimum absolute atomic E-state index is 0.0458. The van der Waals surface area contributed by atoms with Crippen LogP contribution in [0.2, 0.25) is 0 Å². The van der Waals surface area contributed by atoms with E-state index in [-0.39, 0.29) is 5.91 Å². The molecule has 0 fully saturated rings. The first-order valence-corrected chi connectivity index (χ1v) is 7.91. The molecule has 0 aliphatic carbocycles. The summed E-state index contributed by atoms with van der Waals surface area (Å²) < 4.78 is 0. The third-order valence-corrected chi connectivity index (χ3v) is 4.51. The molecule has 1 amide bonds. The first-order chi connectivity index (χ1) is 10.6. The van der Waals surface area contributed by atoms with Crippen molar-refractivity contribution < 1.29 is 4.79 Å². The summed E-state index contributed by atoms with van der Waals surface area (Å²) >= 11 is 1.53. The van der Waals surface area contributed by atoms with E-state index in [1.807, 2.05) is 44.2 Å². The summed E-state index contributed by atoms with van der Waals surface area (Å²) in [6.07, 6.45) is 1.62. The van der Waals surface area contributed by atoms with Gasteiger partial charge in [0.05, 0.1) is 17.6 Å². The number of aromatic amines is 1. The molecule has 1 aromatic carbocycles. The van der Waals surface area contributed by atoms with Crippen molar-refractivity contribution in [1.29, 1.82) is 0 Å². The minimum Gasteiger partial charge on any atom is -0.324 e. The Bertz CT molecular complexity index is 828. The number of benzene rings is 1. The highest BCUT2D eigenvalue weighted by atomic mass is 32.2. The third kappa shape index (κ3) is 3.12. The van der Waals surface area contributed by atoms with Crippen LogP contribution in [-0.2, 0) is 4.79 Å². The molecule has 0 spiro atoms. The maximum Gasteiger partial charge on any atom is 0.234 e. The van der Waals surface area contributed by atoms with Crippen LogP contribution >= 0.6 is 11.8 Å². The van der Waals surface area contributed by atoms with Crippen LogP contribution < -0.4 is 5.32 Å². The van der Waals surface area contributed by atoms with Crippen LogP contribution in [-0.4, -0.2) is 26.8 Å². The van der Waals surface area contributed by atoms with Crippen LogP contribution in [0.4, 0.5) is 5.69 Å². The number of carbonyl (C=O) groups excluding carboxylic acids is 1. The van der Waals surface area contributed by atoms with Gasteiger partial charge >= 0.3 is 0 Å². The molecule has 0 saturated carbocycles. The number of H-pyrrole nitrogens is 1. The lowest BCUT2D eigenvalue weighted by Crippen LogP contribution is -2.14. The average molecular weight is 312 g/mol. The van der Waals surface area contributed by atoms with Crippen molar-refractivity contribution in [3.8, 4) is 0 Å². The number of pyridine rings is 1. The first-order valence-electron chi connectivity index (χ1n) is 6.92. The van der Waals surface area contributed by atoms with Crippen molar-refractivity contribution in [3.63, 3.8) is 0 Å². The number of aryl methyl sites for hydroxylation is 2. The summed E-state index contributed by atoms with van der Waals surface area (Å²) in [5.41, 5.74) is 3.46. The minimum atomic E-state index is -0.0458. The largest absolute Gasteiger partial charge is 0.324 e. The standard InChI is InChI=1S/C16H16N4OS/c1-10-5-3-4-6-14(10)22-9-15(21)18-12-7-13-11(2)19-20-16(13)17-8-12/h3-8H,9H2,1-2H3,(H,18,21)(H,17,19,20). The van der Waals surface area contributed by atoms with Crippen molar-refractivity contribution in [1.82, 2.24) is 15.2 Å². The monoisotopic (exact) mass is 312 g/mol. The van der Waals surface area contributed by atoms with Gasteiger partial charge in [0.1, 0.15) is 0 Å². The lowest BCUT2D eigenvalue weighted by atomic mass is 10.2. The van der Waals surface area contributed by atoms with E-state index in [1.165, 1.54) is 17.3 Å². The molecule has 0 aliphatic heterocycles. The van der Waals surface area contributed by atoms with Crippen LogP contribution in [0.1, 0.15) is 11.3 Å². The van der Waals surface area contributed by atoms with Gasteiger partial charge in [0.15, 0.2) is 5.65 Å². The molecule has 3 rings (SSSR count). The van der Waals surface area contributed by atoms with Gasteiger partial charge in [-0.25, -0.2) is 4.98 Å². The van der Waals surface area contributed by atoms with Gasteiger partial charge in [-0.2, -0.15) is 5.10 Å². The zero-order chi connectivity index (χ0) is 15.5. The molecular formula is C16H16N4OS. The Morgan fingerprint density at radius 1 is 1.32 bits per heavy atom. The molecule has 0 aliphatic rings. The number of rotatable bonds is 4. The smallest absolute Gasteiger partial charge is 0.234 e. The predicted molar refractivity (Wildman–Crippen MR) is 89.2 cm³/mol. The van der Waals surface area contributed by atoms with E-state index in [2.05, 4.69) is 20.5 Å². The van der Waals surface area contributed by atoms with Gasteiger partial charge in [-0.1, -0.05) is 18.2 Å². The summed E-state index contributed by atoms with van der Waals surface area (Å²) in [4.78, 5) is 17.4. The topological polar surface area (TPSA) is 70.7 Å². The Balaban J connectivity index is 1.65. The molecule has 2 aromatic heterocycles. The number of nitrogens with one attached hydrogen (secondary N) is 2. The van der Waals surface area contributed by atoms with E-state index < -0.39 is 0 Å². The van der Waals surface area contributed by atoms with Crippen LogP contribution in [0.25, 0.3) is 11.0 Å². The Morgan fingerprint density at radius 2 is 2.14 bits per heavy atom. The van der Waals surface area contributed by atoms with E-state index in [4.69, 9.17) is 0 Å². The molecule has 2 heterocycles. The number of fused-ring (bicyclic) bond motifs is 1. The quantitative estimate of drug-likeness (QED) is 0.725. The predicted octanol–water partition coefficient (Wildman–Crippen LogP) is 3.31. The Hall–Kier alpha value is -2.34. The Labute approximate surface area is 132 Å². The Kier molecular flexibility index (Phi) is 4.11. The number of hydrogen-bond donors (Lipinski definition) is 2. The normalized spacial score (nSPS) is 10.8. The van der Waals surface area contributed by atoms with Crippen molar-refractivity contribution in [3.05, 3.63) is 47.8 Å². The van der Waals surface area contributed by atoms with Gasteiger partial charge in [0, 0.05) is 16.0 Å². The molecule has 6 heteroatoms. The number of amides is 1. The summed E-state index contributed by atoms with van der Waals surface area (Å²) in [6.45, 7) is 3.97. The van der Waals surface area contributed by atoms with Crippen molar-refractivity contribution in [2.45, 2.75) is 18.7 Å². The zero-order valence-corrected chi connectivity index (χ0v) is 13.2. The number of aromatic nitrogens is 3. The second-order valence-electron chi connectivity index (χ2n) is 5.05. The highest BCUT2D eigenvalue weighted by Crippen LogP contribution is 2.22. The fourth-order valence-corrected chi connectivity index (χ4v) is 2.98. The first kappa shape index (κ1) is 14.6. The van der Waals surface area contributed by atoms with Crippen LogP contribution in [0.3, 0.4) is 0 Å². The molecule has 0 atom stereocenters. The van der Waals surface area contributed by atoms with E-state index in [1.54, 1.807) is 6.20 Å². The lowest BCUT2D eigenvalue weighted by Gasteiger charge is -2.06. The maximum atomic E-state index is 12.1. The second-order valence-corrected chi connectivity index (χ2v) is 6.06. The van der Waals surface area contributed by atoms with E-state index in [0.29, 0.717) is 17.1 Å². The fourth-order valence-electron chi connectivity index (χ4n) is 2.15. The van der Waals surface area contributed by atoms with Crippen molar-refractivity contribution >= 4 is 34.4 Å². The van der Waals surface area contributed by atoms with Crippen molar-refractivity contribution in [2.24, 2.45) is 0 Å². The summed E-state index contributed by atoms with van der Waals surface area (Å²) in [5.74, 6) is 0.323. The average Bonchev–Trinajstić information content (AvgIpc) is 2.88. The molecule has 0 unspecified atom stereocenters. The van der Waals surface area contributed by atoms with E-state index >= 15 is 0 Å². The lowest BCUT2D eigenvalue weighted by molar-refractivity contribution is -0.113. The molecule has 3 aromatic rings. The van der Waals surface area contributed by atoms with Gasteiger partial charge in [0.25, 0.3) is 0 Å². The van der Waals surface area contributed by atoms with E-state index in [9.17, 15) is 4.79 Å². The maximum absolute atomic E-state index is 12.1. The van der Waals surface area contributed by atoms with Gasteiger partial charge in [-0.15, -0.1) is 11.8 Å². The van der Waals surface area contributed by atoms with Gasteiger partial charge in [-0.05, 0) is 31.5 Å². The van der Waals surface area contributed by atoms with Crippen LogP contribution in [0.15, 0.2) is 41.4 Å². The highest BCUT2D eigenvalue weighted by molar-refractivity contribution is 8.00. The van der Waals surface area contributed by atoms with Gasteiger partial charge < -0.3 is 5.32 Å². The molecule has 0 bridgehead atoms. The third-order valence-electron chi connectivity index (χ3n) is 3.34. The number of anilines is 1. The molecule has 112 valence electrons. The molecule has 0 saturated heterocycles. The van der Waals surface area contributed by atoms with Crippen molar-refractivity contribution in [2.75, 3.05) is 11.1 Å². The molecule has 2 N–H and O–H groups in total. The fraction of sp³-hybridized carbons (Fsp3) is 0.188. The molecular weight excluding hydrogens is 296 g/mol. The van der Waals surface area contributed by atoms with Gasteiger partial charge in [-0.3, -0.25) is 9.89 Å². The van der Waals surface area contributed by atoms with E-state index in [0.717, 1.165) is 16.0 Å². The number of nitrogens with zero attached hydrogens (tertiary/aromatic N) is 2. The summed E-state index contributed by atoms with van der Waals surface area (Å²) in [5, 5.41) is 10.7. The summed E-state index contributed by atoms with van der Waals surface area (Å²) in [6, 6.07) is 9.92.